The van der Waals surface area contributed by atoms with Gasteiger partial charge in [-0.25, -0.2) is 0 Å². The molecule has 0 bridgehead atoms. The van der Waals surface area contributed by atoms with Crippen LogP contribution in [0.1, 0.15) is 57.1 Å². The SMILES string of the molecule is CCOC(=O)[C@H](C#N)[C@H](c1ccc(C)cc1)[C@@H]1CCO[C@](C)(CC)C1. The fraction of sp³-hybridized carbons (Fsp3) is 0.619. The minimum atomic E-state index is -0.785. The molecule has 4 atom stereocenters. The lowest BCUT2D eigenvalue weighted by atomic mass is 9.70. The van der Waals surface area contributed by atoms with E-state index < -0.39 is 11.9 Å². The van der Waals surface area contributed by atoms with Gasteiger partial charge in [-0.1, -0.05) is 36.8 Å². The molecule has 0 aliphatic carbocycles. The van der Waals surface area contributed by atoms with Crippen LogP contribution in [0.3, 0.4) is 0 Å². The van der Waals surface area contributed by atoms with Gasteiger partial charge in [0.1, 0.15) is 0 Å². The highest BCUT2D eigenvalue weighted by Gasteiger charge is 2.42. The summed E-state index contributed by atoms with van der Waals surface area (Å²) in [4.78, 5) is 12.5. The lowest BCUT2D eigenvalue weighted by Crippen LogP contribution is -2.40. The standard InChI is InChI=1S/C21H29NO3/c1-5-21(4)13-17(11-12-25-21)19(16-9-7-15(3)8-10-16)18(14-22)20(23)24-6-2/h7-10,17-19H,5-6,11-13H2,1-4H3/t17-,18-,19-,21-/m1/s1. The van der Waals surface area contributed by atoms with Crippen LogP contribution in [-0.4, -0.2) is 24.8 Å². The Hall–Kier alpha value is -1.86. The third-order valence-corrected chi connectivity index (χ3v) is 5.39. The zero-order chi connectivity index (χ0) is 18.4. The van der Waals surface area contributed by atoms with Crippen molar-refractivity contribution in [2.75, 3.05) is 13.2 Å². The van der Waals surface area contributed by atoms with Crippen LogP contribution >= 0.6 is 0 Å². The van der Waals surface area contributed by atoms with Gasteiger partial charge in [0.25, 0.3) is 0 Å². The number of aryl methyl sites for hydroxylation is 1. The second kappa shape index (κ2) is 8.49. The van der Waals surface area contributed by atoms with Crippen LogP contribution in [0, 0.1) is 30.1 Å². The van der Waals surface area contributed by atoms with Gasteiger partial charge in [0.15, 0.2) is 5.92 Å². The first-order valence-corrected chi connectivity index (χ1v) is 9.21. The molecule has 0 radical (unpaired) electrons. The Bertz CT molecular complexity index is 619. The smallest absolute Gasteiger partial charge is 0.323 e. The molecule has 0 spiro atoms. The third-order valence-electron chi connectivity index (χ3n) is 5.39. The normalized spacial score (nSPS) is 25.6. The van der Waals surface area contributed by atoms with Gasteiger partial charge in [-0.05, 0) is 51.5 Å². The van der Waals surface area contributed by atoms with Crippen LogP contribution in [0.2, 0.25) is 0 Å². The number of esters is 1. The summed E-state index contributed by atoms with van der Waals surface area (Å²) in [5.41, 5.74) is 2.01. The second-order valence-electron chi connectivity index (χ2n) is 7.20. The largest absolute Gasteiger partial charge is 0.465 e. The first-order valence-electron chi connectivity index (χ1n) is 9.21. The van der Waals surface area contributed by atoms with E-state index in [4.69, 9.17) is 9.47 Å². The van der Waals surface area contributed by atoms with Crippen LogP contribution in [0.15, 0.2) is 24.3 Å². The minimum Gasteiger partial charge on any atom is -0.465 e. The Kier molecular flexibility index (Phi) is 6.61. The quantitative estimate of drug-likeness (QED) is 0.719. The number of carbonyl (C=O) groups is 1. The summed E-state index contributed by atoms with van der Waals surface area (Å²) < 4.78 is 11.2. The summed E-state index contributed by atoms with van der Waals surface area (Å²) in [6, 6.07) is 10.4. The number of benzene rings is 1. The van der Waals surface area contributed by atoms with E-state index in [1.165, 1.54) is 0 Å². The highest BCUT2D eigenvalue weighted by atomic mass is 16.5. The highest BCUT2D eigenvalue weighted by molar-refractivity contribution is 5.76. The van der Waals surface area contributed by atoms with Crippen LogP contribution in [-0.2, 0) is 14.3 Å². The number of rotatable bonds is 6. The maximum Gasteiger partial charge on any atom is 0.323 e. The first kappa shape index (κ1) is 19.5. The van der Waals surface area contributed by atoms with Crippen molar-refractivity contribution in [3.63, 3.8) is 0 Å². The molecule has 0 N–H and O–H groups in total. The fourth-order valence-corrected chi connectivity index (χ4v) is 3.76. The molecule has 0 saturated carbocycles. The van der Waals surface area contributed by atoms with E-state index >= 15 is 0 Å². The number of hydrogen-bond acceptors (Lipinski definition) is 4. The number of ether oxygens (including phenoxy) is 2. The Morgan fingerprint density at radius 1 is 1.40 bits per heavy atom. The van der Waals surface area contributed by atoms with Gasteiger partial charge in [-0.15, -0.1) is 0 Å². The number of hydrogen-bond donors (Lipinski definition) is 0. The van der Waals surface area contributed by atoms with Gasteiger partial charge >= 0.3 is 5.97 Å². The number of nitriles is 1. The molecule has 1 aromatic rings. The van der Waals surface area contributed by atoms with Crippen molar-refractivity contribution in [1.82, 2.24) is 0 Å². The van der Waals surface area contributed by atoms with Gasteiger partial charge in [-0.2, -0.15) is 5.26 Å². The summed E-state index contributed by atoms with van der Waals surface area (Å²) in [5.74, 6) is -1.15. The topological polar surface area (TPSA) is 59.3 Å². The van der Waals surface area contributed by atoms with E-state index in [9.17, 15) is 10.1 Å². The van der Waals surface area contributed by atoms with Crippen LogP contribution in [0.4, 0.5) is 0 Å². The highest BCUT2D eigenvalue weighted by Crippen LogP contribution is 2.43. The second-order valence-corrected chi connectivity index (χ2v) is 7.20. The van der Waals surface area contributed by atoms with E-state index in [0.29, 0.717) is 6.61 Å². The summed E-state index contributed by atoms with van der Waals surface area (Å²) >= 11 is 0. The molecule has 2 rings (SSSR count). The van der Waals surface area contributed by atoms with Crippen LogP contribution in [0.25, 0.3) is 0 Å². The van der Waals surface area contributed by atoms with Crippen molar-refractivity contribution < 1.29 is 14.3 Å². The molecule has 1 fully saturated rings. The van der Waals surface area contributed by atoms with E-state index in [2.05, 4.69) is 19.9 Å². The average molecular weight is 343 g/mol. The van der Waals surface area contributed by atoms with Crippen molar-refractivity contribution >= 4 is 5.97 Å². The van der Waals surface area contributed by atoms with Gasteiger partial charge in [0.2, 0.25) is 0 Å². The lowest BCUT2D eigenvalue weighted by molar-refractivity contribution is -0.148. The summed E-state index contributed by atoms with van der Waals surface area (Å²) in [6.07, 6.45) is 2.62. The van der Waals surface area contributed by atoms with E-state index in [1.54, 1.807) is 6.92 Å². The molecule has 0 unspecified atom stereocenters. The molecule has 1 aromatic carbocycles. The molecular formula is C21H29NO3. The minimum absolute atomic E-state index is 0.167. The Balaban J connectivity index is 2.39. The molecule has 0 aromatic heterocycles. The maximum atomic E-state index is 12.5. The van der Waals surface area contributed by atoms with Crippen molar-refractivity contribution in [3.8, 4) is 6.07 Å². The molecule has 1 heterocycles. The van der Waals surface area contributed by atoms with Crippen molar-refractivity contribution in [3.05, 3.63) is 35.4 Å². The number of carbonyl (C=O) groups excluding carboxylic acids is 1. The average Bonchev–Trinajstić information content (AvgIpc) is 2.61. The third kappa shape index (κ3) is 4.61. The Morgan fingerprint density at radius 3 is 2.64 bits per heavy atom. The van der Waals surface area contributed by atoms with Crippen molar-refractivity contribution in [2.45, 2.75) is 58.5 Å². The monoisotopic (exact) mass is 343 g/mol. The molecule has 4 heteroatoms. The molecule has 1 aliphatic rings. The number of nitrogens with zero attached hydrogens (tertiary/aromatic N) is 1. The molecule has 4 nitrogen and oxygen atoms in total. The van der Waals surface area contributed by atoms with E-state index in [-0.39, 0.29) is 24.0 Å². The summed E-state index contributed by atoms with van der Waals surface area (Å²) in [5, 5.41) is 9.75. The van der Waals surface area contributed by atoms with Gasteiger partial charge in [0, 0.05) is 12.5 Å². The zero-order valence-electron chi connectivity index (χ0n) is 15.7. The summed E-state index contributed by atoms with van der Waals surface area (Å²) in [7, 11) is 0. The molecule has 25 heavy (non-hydrogen) atoms. The Labute approximate surface area is 151 Å². The first-order chi connectivity index (χ1) is 11.9. The predicted molar refractivity (Wildman–Crippen MR) is 97.0 cm³/mol. The molecule has 1 saturated heterocycles. The molecular weight excluding hydrogens is 314 g/mol. The van der Waals surface area contributed by atoms with Gasteiger partial charge in [-0.3, -0.25) is 4.79 Å². The lowest BCUT2D eigenvalue weighted by Gasteiger charge is -2.41. The van der Waals surface area contributed by atoms with Crippen molar-refractivity contribution in [2.24, 2.45) is 11.8 Å². The predicted octanol–water partition coefficient (Wildman–Crippen LogP) is 4.38. The van der Waals surface area contributed by atoms with Crippen LogP contribution < -0.4 is 0 Å². The molecule has 1 aliphatic heterocycles. The zero-order valence-corrected chi connectivity index (χ0v) is 15.7. The molecule has 0 amide bonds. The van der Waals surface area contributed by atoms with Gasteiger partial charge < -0.3 is 9.47 Å². The van der Waals surface area contributed by atoms with Gasteiger partial charge in [0.05, 0.1) is 18.3 Å². The van der Waals surface area contributed by atoms with Crippen LogP contribution in [0.5, 0.6) is 0 Å². The van der Waals surface area contributed by atoms with E-state index in [0.717, 1.165) is 30.4 Å². The fourth-order valence-electron chi connectivity index (χ4n) is 3.76. The maximum absolute atomic E-state index is 12.5. The van der Waals surface area contributed by atoms with Crippen molar-refractivity contribution in [1.29, 1.82) is 5.26 Å². The Morgan fingerprint density at radius 2 is 2.08 bits per heavy atom. The molecule has 136 valence electrons. The summed E-state index contributed by atoms with van der Waals surface area (Å²) in [6.45, 7) is 9.01. The van der Waals surface area contributed by atoms with E-state index in [1.807, 2.05) is 31.2 Å².